The molecule has 0 aliphatic carbocycles. The number of aliphatic hydroxyl groups is 1. The second kappa shape index (κ2) is 7.35. The molecular formula is C15H17N3O2. The van der Waals surface area contributed by atoms with Crippen LogP contribution in [0.2, 0.25) is 0 Å². The Morgan fingerprint density at radius 2 is 1.95 bits per heavy atom. The maximum Gasteiger partial charge on any atom is 0.274 e. The van der Waals surface area contributed by atoms with E-state index < -0.39 is 0 Å². The number of hydrogen-bond donors (Lipinski definition) is 1. The van der Waals surface area contributed by atoms with E-state index in [4.69, 9.17) is 5.11 Å². The van der Waals surface area contributed by atoms with Crippen LogP contribution in [-0.2, 0) is 6.42 Å². The summed E-state index contributed by atoms with van der Waals surface area (Å²) < 4.78 is 0. The summed E-state index contributed by atoms with van der Waals surface area (Å²) in [5.41, 5.74) is 1.45. The highest BCUT2D eigenvalue weighted by Gasteiger charge is 2.16. The van der Waals surface area contributed by atoms with Crippen LogP contribution in [0.5, 0.6) is 0 Å². The van der Waals surface area contributed by atoms with Gasteiger partial charge in [0.25, 0.3) is 5.91 Å². The van der Waals surface area contributed by atoms with Gasteiger partial charge in [-0.2, -0.15) is 0 Å². The maximum absolute atomic E-state index is 12.3. The second-order valence-electron chi connectivity index (χ2n) is 4.34. The van der Waals surface area contributed by atoms with Crippen LogP contribution in [0.15, 0.2) is 48.9 Å². The van der Waals surface area contributed by atoms with Crippen molar-refractivity contribution in [2.45, 2.75) is 6.42 Å². The fourth-order valence-electron chi connectivity index (χ4n) is 1.92. The van der Waals surface area contributed by atoms with Gasteiger partial charge >= 0.3 is 0 Å². The Balaban J connectivity index is 2.02. The van der Waals surface area contributed by atoms with Crippen molar-refractivity contribution < 1.29 is 9.90 Å². The Kier molecular flexibility index (Phi) is 5.20. The third kappa shape index (κ3) is 3.86. The Labute approximate surface area is 117 Å². The van der Waals surface area contributed by atoms with E-state index in [1.165, 1.54) is 18.6 Å². The molecule has 2 rings (SSSR count). The molecule has 20 heavy (non-hydrogen) atoms. The number of hydrogen-bond acceptors (Lipinski definition) is 4. The van der Waals surface area contributed by atoms with Crippen molar-refractivity contribution in [3.05, 3.63) is 60.2 Å². The van der Waals surface area contributed by atoms with E-state index in [1.807, 2.05) is 30.3 Å². The lowest BCUT2D eigenvalue weighted by Crippen LogP contribution is -2.35. The number of rotatable bonds is 6. The SMILES string of the molecule is O=C(c1cnccn1)N(CCO)CCc1ccccc1. The molecule has 0 aliphatic rings. The second-order valence-corrected chi connectivity index (χ2v) is 4.34. The van der Waals surface area contributed by atoms with Crippen molar-refractivity contribution in [3.63, 3.8) is 0 Å². The molecule has 0 radical (unpaired) electrons. The van der Waals surface area contributed by atoms with Crippen LogP contribution in [0.25, 0.3) is 0 Å². The maximum atomic E-state index is 12.3. The van der Waals surface area contributed by atoms with Gasteiger partial charge in [-0.1, -0.05) is 30.3 Å². The van der Waals surface area contributed by atoms with Gasteiger partial charge in [0.15, 0.2) is 0 Å². The van der Waals surface area contributed by atoms with Crippen LogP contribution in [0.4, 0.5) is 0 Å². The Morgan fingerprint density at radius 3 is 2.60 bits per heavy atom. The van der Waals surface area contributed by atoms with E-state index in [0.29, 0.717) is 18.8 Å². The van der Waals surface area contributed by atoms with Crippen molar-refractivity contribution in [1.29, 1.82) is 0 Å². The normalized spacial score (nSPS) is 10.2. The topological polar surface area (TPSA) is 66.3 Å². The standard InChI is InChI=1S/C15H17N3O2/c19-11-10-18(9-6-13-4-2-1-3-5-13)15(20)14-12-16-7-8-17-14/h1-5,7-8,12,19H,6,9-11H2. The zero-order valence-electron chi connectivity index (χ0n) is 11.1. The summed E-state index contributed by atoms with van der Waals surface area (Å²) in [4.78, 5) is 21.8. The van der Waals surface area contributed by atoms with E-state index in [-0.39, 0.29) is 12.5 Å². The molecule has 0 unspecified atom stereocenters. The molecule has 0 bridgehead atoms. The monoisotopic (exact) mass is 271 g/mol. The molecule has 2 aromatic rings. The number of amides is 1. The van der Waals surface area contributed by atoms with Gasteiger partial charge in [-0.15, -0.1) is 0 Å². The average molecular weight is 271 g/mol. The van der Waals surface area contributed by atoms with Crippen LogP contribution in [0.3, 0.4) is 0 Å². The minimum absolute atomic E-state index is 0.0687. The molecule has 104 valence electrons. The molecule has 5 nitrogen and oxygen atoms in total. The lowest BCUT2D eigenvalue weighted by Gasteiger charge is -2.21. The first-order chi connectivity index (χ1) is 9.81. The molecule has 0 saturated carbocycles. The predicted octanol–water partition coefficient (Wildman–Crippen LogP) is 1.15. The third-order valence-corrected chi connectivity index (χ3v) is 2.95. The molecule has 1 aromatic carbocycles. The van der Waals surface area contributed by atoms with E-state index in [9.17, 15) is 4.79 Å². The van der Waals surface area contributed by atoms with E-state index in [2.05, 4.69) is 9.97 Å². The molecule has 0 saturated heterocycles. The largest absolute Gasteiger partial charge is 0.395 e. The van der Waals surface area contributed by atoms with Crippen LogP contribution >= 0.6 is 0 Å². The molecule has 1 amide bonds. The quantitative estimate of drug-likeness (QED) is 0.856. The van der Waals surface area contributed by atoms with E-state index in [0.717, 1.165) is 12.0 Å². The first kappa shape index (κ1) is 14.1. The number of aliphatic hydroxyl groups excluding tert-OH is 1. The highest BCUT2D eigenvalue weighted by atomic mass is 16.3. The molecule has 1 N–H and O–H groups in total. The minimum atomic E-state index is -0.205. The third-order valence-electron chi connectivity index (χ3n) is 2.95. The van der Waals surface area contributed by atoms with Gasteiger partial charge in [-0.25, -0.2) is 4.98 Å². The number of benzene rings is 1. The van der Waals surface area contributed by atoms with Crippen molar-refractivity contribution in [3.8, 4) is 0 Å². The van der Waals surface area contributed by atoms with Crippen LogP contribution in [0, 0.1) is 0 Å². The van der Waals surface area contributed by atoms with Gasteiger partial charge in [-0.3, -0.25) is 9.78 Å². The summed E-state index contributed by atoms with van der Waals surface area (Å²) in [5, 5.41) is 9.10. The first-order valence-corrected chi connectivity index (χ1v) is 6.51. The lowest BCUT2D eigenvalue weighted by molar-refractivity contribution is 0.0717. The van der Waals surface area contributed by atoms with Crippen molar-refractivity contribution >= 4 is 5.91 Å². The molecule has 1 heterocycles. The van der Waals surface area contributed by atoms with Gasteiger partial charge in [-0.05, 0) is 12.0 Å². The summed E-state index contributed by atoms with van der Waals surface area (Å²) in [5.74, 6) is -0.205. The summed E-state index contributed by atoms with van der Waals surface area (Å²) in [6, 6.07) is 9.93. The zero-order valence-corrected chi connectivity index (χ0v) is 11.1. The summed E-state index contributed by atoms with van der Waals surface area (Å²) in [6.07, 6.45) is 5.20. The Hall–Kier alpha value is -2.27. The van der Waals surface area contributed by atoms with Crippen molar-refractivity contribution in [2.75, 3.05) is 19.7 Å². The van der Waals surface area contributed by atoms with Gasteiger partial charge < -0.3 is 10.0 Å². The number of aromatic nitrogens is 2. The fraction of sp³-hybridized carbons (Fsp3) is 0.267. The number of nitrogens with zero attached hydrogens (tertiary/aromatic N) is 3. The van der Waals surface area contributed by atoms with Crippen LogP contribution < -0.4 is 0 Å². The van der Waals surface area contributed by atoms with Crippen LogP contribution in [-0.4, -0.2) is 45.6 Å². The fourth-order valence-corrected chi connectivity index (χ4v) is 1.92. The Morgan fingerprint density at radius 1 is 1.15 bits per heavy atom. The zero-order chi connectivity index (χ0) is 14.2. The molecular weight excluding hydrogens is 254 g/mol. The van der Waals surface area contributed by atoms with Gasteiger partial charge in [0.05, 0.1) is 12.8 Å². The van der Waals surface area contributed by atoms with Crippen LogP contribution in [0.1, 0.15) is 16.1 Å². The Bertz CT molecular complexity index is 531. The van der Waals surface area contributed by atoms with Gasteiger partial charge in [0, 0.05) is 25.5 Å². The lowest BCUT2D eigenvalue weighted by atomic mass is 10.1. The summed E-state index contributed by atoms with van der Waals surface area (Å²) >= 11 is 0. The van der Waals surface area contributed by atoms with E-state index >= 15 is 0 Å². The molecule has 0 atom stereocenters. The van der Waals surface area contributed by atoms with Gasteiger partial charge in [0.1, 0.15) is 5.69 Å². The van der Waals surface area contributed by atoms with Crippen molar-refractivity contribution in [1.82, 2.24) is 14.9 Å². The highest BCUT2D eigenvalue weighted by Crippen LogP contribution is 2.04. The predicted molar refractivity (Wildman–Crippen MR) is 75.2 cm³/mol. The van der Waals surface area contributed by atoms with Crippen molar-refractivity contribution in [2.24, 2.45) is 0 Å². The smallest absolute Gasteiger partial charge is 0.274 e. The molecule has 0 spiro atoms. The molecule has 0 aliphatic heterocycles. The number of carbonyl (C=O) groups excluding carboxylic acids is 1. The first-order valence-electron chi connectivity index (χ1n) is 6.51. The van der Waals surface area contributed by atoms with Gasteiger partial charge in [0.2, 0.25) is 0 Å². The molecule has 0 fully saturated rings. The molecule has 5 heteroatoms. The summed E-state index contributed by atoms with van der Waals surface area (Å²) in [6.45, 7) is 0.767. The molecule has 1 aromatic heterocycles. The highest BCUT2D eigenvalue weighted by molar-refractivity contribution is 5.91. The average Bonchev–Trinajstić information content (AvgIpc) is 2.52. The van der Waals surface area contributed by atoms with E-state index in [1.54, 1.807) is 4.90 Å². The number of carbonyl (C=O) groups is 1. The summed E-state index contributed by atoms with van der Waals surface area (Å²) in [7, 11) is 0. The minimum Gasteiger partial charge on any atom is -0.395 e.